The van der Waals surface area contributed by atoms with Crippen LogP contribution in [0.2, 0.25) is 0 Å². The van der Waals surface area contributed by atoms with Crippen LogP contribution in [0.5, 0.6) is 0 Å². The Morgan fingerprint density at radius 2 is 1.56 bits per heavy atom. The molecule has 0 bridgehead atoms. The van der Waals surface area contributed by atoms with E-state index in [1.165, 1.54) is 18.2 Å². The van der Waals surface area contributed by atoms with Crippen molar-refractivity contribution in [3.8, 4) is 0 Å². The molecule has 0 aliphatic rings. The molecule has 0 aromatic heterocycles. The highest BCUT2D eigenvalue weighted by atomic mass is 32.2. The van der Waals surface area contributed by atoms with Gasteiger partial charge >= 0.3 is 5.97 Å². The van der Waals surface area contributed by atoms with Gasteiger partial charge in [0.2, 0.25) is 0 Å². The molecule has 5 nitrogen and oxygen atoms in total. The largest absolute Gasteiger partial charge is 0.478 e. The third-order valence-electron chi connectivity index (χ3n) is 3.61. The summed E-state index contributed by atoms with van der Waals surface area (Å²) >= 11 is 0. The number of hydrogen-bond donors (Lipinski definition) is 2. The number of carboxylic acids is 1. The van der Waals surface area contributed by atoms with E-state index in [1.54, 1.807) is 24.3 Å². The first-order chi connectivity index (χ1) is 11.6. The molecule has 25 heavy (non-hydrogen) atoms. The minimum atomic E-state index is -3.70. The molecule has 2 aromatic rings. The average Bonchev–Trinajstić information content (AvgIpc) is 2.52. The zero-order valence-electron chi connectivity index (χ0n) is 14.4. The Morgan fingerprint density at radius 1 is 1.00 bits per heavy atom. The van der Waals surface area contributed by atoms with E-state index in [2.05, 4.69) is 25.5 Å². The molecular weight excluding hydrogens is 338 g/mol. The first kappa shape index (κ1) is 18.7. The summed E-state index contributed by atoms with van der Waals surface area (Å²) in [6.07, 6.45) is 2.40. The third kappa shape index (κ3) is 5.19. The first-order valence-electron chi connectivity index (χ1n) is 7.72. The number of rotatable bonds is 5. The minimum absolute atomic E-state index is 0.00327. The van der Waals surface area contributed by atoms with E-state index < -0.39 is 16.0 Å². The standard InChI is InChI=1S/C19H21NO4S/c1-19(2,3)15-7-9-16(10-8-15)20-25(23,24)17-11-4-14(5-12-17)6-13-18(21)22/h4-13,20H,1-3H3,(H,21,22). The number of aliphatic carboxylic acids is 1. The second kappa shape index (κ2) is 7.11. The zero-order chi connectivity index (χ0) is 18.7. The highest BCUT2D eigenvalue weighted by Crippen LogP contribution is 2.24. The van der Waals surface area contributed by atoms with Gasteiger partial charge in [-0.15, -0.1) is 0 Å². The molecule has 2 aromatic carbocycles. The van der Waals surface area contributed by atoms with Crippen LogP contribution >= 0.6 is 0 Å². The quantitative estimate of drug-likeness (QED) is 0.794. The monoisotopic (exact) mass is 359 g/mol. The number of carboxylic acid groups (broad SMARTS) is 1. The summed E-state index contributed by atoms with van der Waals surface area (Å²) in [6.45, 7) is 6.27. The number of anilines is 1. The van der Waals surface area contributed by atoms with Crippen LogP contribution in [0, 0.1) is 0 Å². The van der Waals surface area contributed by atoms with Crippen LogP contribution < -0.4 is 4.72 Å². The molecule has 2 rings (SSSR count). The van der Waals surface area contributed by atoms with Crippen molar-refractivity contribution in [2.45, 2.75) is 31.1 Å². The van der Waals surface area contributed by atoms with Gasteiger partial charge in [0.1, 0.15) is 0 Å². The summed E-state index contributed by atoms with van der Waals surface area (Å²) in [4.78, 5) is 10.6. The summed E-state index contributed by atoms with van der Waals surface area (Å²) in [7, 11) is -3.70. The summed E-state index contributed by atoms with van der Waals surface area (Å²) in [5, 5.41) is 8.60. The molecule has 0 atom stereocenters. The Kier molecular flexibility index (Phi) is 5.33. The highest BCUT2D eigenvalue weighted by molar-refractivity contribution is 7.92. The summed E-state index contributed by atoms with van der Waals surface area (Å²) in [5.74, 6) is -1.06. The van der Waals surface area contributed by atoms with Gasteiger partial charge in [-0.2, -0.15) is 0 Å². The normalized spacial score (nSPS) is 12.3. The molecule has 0 saturated heterocycles. The molecule has 0 fully saturated rings. The van der Waals surface area contributed by atoms with Crippen molar-refractivity contribution in [2.75, 3.05) is 4.72 Å². The fraction of sp³-hybridized carbons (Fsp3) is 0.211. The second-order valence-corrected chi connectivity index (χ2v) is 8.36. The van der Waals surface area contributed by atoms with E-state index >= 15 is 0 Å². The second-order valence-electron chi connectivity index (χ2n) is 6.67. The van der Waals surface area contributed by atoms with E-state index in [0.29, 0.717) is 11.3 Å². The van der Waals surface area contributed by atoms with Gasteiger partial charge in [-0.05, 0) is 46.9 Å². The number of carbonyl (C=O) groups is 1. The average molecular weight is 359 g/mol. The molecule has 6 heteroatoms. The Bertz CT molecular complexity index is 875. The lowest BCUT2D eigenvalue weighted by molar-refractivity contribution is -0.131. The lowest BCUT2D eigenvalue weighted by atomic mass is 9.87. The van der Waals surface area contributed by atoms with Gasteiger partial charge in [0.25, 0.3) is 10.0 Å². The van der Waals surface area contributed by atoms with Crippen molar-refractivity contribution >= 4 is 27.8 Å². The van der Waals surface area contributed by atoms with Crippen molar-refractivity contribution in [3.05, 3.63) is 65.7 Å². The molecule has 0 spiro atoms. The molecule has 0 aliphatic carbocycles. The topological polar surface area (TPSA) is 83.5 Å². The van der Waals surface area contributed by atoms with Crippen LogP contribution in [0.4, 0.5) is 5.69 Å². The minimum Gasteiger partial charge on any atom is -0.478 e. The summed E-state index contributed by atoms with van der Waals surface area (Å²) < 4.78 is 27.4. The van der Waals surface area contributed by atoms with Crippen LogP contribution in [0.25, 0.3) is 6.08 Å². The Hall–Kier alpha value is -2.60. The molecule has 2 N–H and O–H groups in total. The Balaban J connectivity index is 2.17. The van der Waals surface area contributed by atoms with Crippen molar-refractivity contribution in [1.29, 1.82) is 0 Å². The fourth-order valence-electron chi connectivity index (χ4n) is 2.18. The summed E-state index contributed by atoms with van der Waals surface area (Å²) in [6, 6.07) is 13.3. The van der Waals surface area contributed by atoms with Crippen LogP contribution in [0.15, 0.2) is 59.5 Å². The molecule has 0 saturated carbocycles. The molecule has 0 amide bonds. The van der Waals surface area contributed by atoms with Crippen LogP contribution in [-0.2, 0) is 20.2 Å². The van der Waals surface area contributed by atoms with E-state index in [1.807, 2.05) is 12.1 Å². The van der Waals surface area contributed by atoms with Crippen molar-refractivity contribution in [1.82, 2.24) is 0 Å². The lowest BCUT2D eigenvalue weighted by Crippen LogP contribution is -2.14. The highest BCUT2D eigenvalue weighted by Gasteiger charge is 2.16. The van der Waals surface area contributed by atoms with E-state index in [4.69, 9.17) is 5.11 Å². The molecule has 0 unspecified atom stereocenters. The molecule has 0 heterocycles. The number of sulfonamides is 1. The number of benzene rings is 2. The van der Waals surface area contributed by atoms with Crippen LogP contribution in [0.3, 0.4) is 0 Å². The van der Waals surface area contributed by atoms with Gasteiger partial charge < -0.3 is 5.11 Å². The molecule has 132 valence electrons. The SMILES string of the molecule is CC(C)(C)c1ccc(NS(=O)(=O)c2ccc(C=CC(=O)O)cc2)cc1. The maximum Gasteiger partial charge on any atom is 0.328 e. The molecular formula is C19H21NO4S. The van der Waals surface area contributed by atoms with Gasteiger partial charge in [-0.3, -0.25) is 4.72 Å². The van der Waals surface area contributed by atoms with Crippen LogP contribution in [0.1, 0.15) is 31.9 Å². The first-order valence-corrected chi connectivity index (χ1v) is 9.21. The van der Waals surface area contributed by atoms with Gasteiger partial charge in [0.05, 0.1) is 4.90 Å². The lowest BCUT2D eigenvalue weighted by Gasteiger charge is -2.19. The van der Waals surface area contributed by atoms with Crippen molar-refractivity contribution in [3.63, 3.8) is 0 Å². The van der Waals surface area contributed by atoms with Crippen molar-refractivity contribution in [2.24, 2.45) is 0 Å². The van der Waals surface area contributed by atoms with Gasteiger partial charge in [0.15, 0.2) is 0 Å². The fourth-order valence-corrected chi connectivity index (χ4v) is 3.24. The van der Waals surface area contributed by atoms with E-state index in [9.17, 15) is 13.2 Å². The van der Waals surface area contributed by atoms with Gasteiger partial charge in [-0.25, -0.2) is 13.2 Å². The van der Waals surface area contributed by atoms with Crippen LogP contribution in [-0.4, -0.2) is 19.5 Å². The predicted molar refractivity (Wildman–Crippen MR) is 99.1 cm³/mol. The molecule has 0 aliphatic heterocycles. The number of hydrogen-bond acceptors (Lipinski definition) is 3. The Morgan fingerprint density at radius 3 is 2.04 bits per heavy atom. The maximum atomic E-state index is 12.4. The molecule has 0 radical (unpaired) electrons. The zero-order valence-corrected chi connectivity index (χ0v) is 15.2. The summed E-state index contributed by atoms with van der Waals surface area (Å²) in [5.41, 5.74) is 2.21. The van der Waals surface area contributed by atoms with Crippen molar-refractivity contribution < 1.29 is 18.3 Å². The van der Waals surface area contributed by atoms with Gasteiger partial charge in [-0.1, -0.05) is 45.0 Å². The number of nitrogens with one attached hydrogen (secondary N) is 1. The van der Waals surface area contributed by atoms with E-state index in [0.717, 1.165) is 11.6 Å². The van der Waals surface area contributed by atoms with E-state index in [-0.39, 0.29) is 10.3 Å². The smallest absolute Gasteiger partial charge is 0.328 e. The third-order valence-corrected chi connectivity index (χ3v) is 5.01. The Labute approximate surface area is 148 Å². The maximum absolute atomic E-state index is 12.4. The predicted octanol–water partition coefficient (Wildman–Crippen LogP) is 3.88. The van der Waals surface area contributed by atoms with Gasteiger partial charge in [0, 0.05) is 11.8 Å².